The van der Waals surface area contributed by atoms with Crippen LogP contribution in [0.15, 0.2) is 71.9 Å². The average molecular weight is 1520 g/mol. The summed E-state index contributed by atoms with van der Waals surface area (Å²) in [7, 11) is 4.87. The van der Waals surface area contributed by atoms with E-state index in [1.54, 1.807) is 37.3 Å². The topological polar surface area (TPSA) is 380 Å². The van der Waals surface area contributed by atoms with Gasteiger partial charge in [-0.1, -0.05) is 30.3 Å². The molecule has 1 aromatic heterocycles. The van der Waals surface area contributed by atoms with Crippen LogP contribution in [-0.2, 0) is 63.5 Å². The predicted molar refractivity (Wildman–Crippen MR) is 382 cm³/mol. The number of hydrogen-bond acceptors (Lipinski definition) is 29. The number of pyridine rings is 1. The molecule has 8 bridgehead atoms. The molecule has 10 aliphatic rings. The van der Waals surface area contributed by atoms with E-state index in [9.17, 15) is 57.9 Å². The van der Waals surface area contributed by atoms with Crippen molar-refractivity contribution in [3.05, 3.63) is 139 Å². The number of ether oxygens (including phenoxy) is 10. The fourth-order valence-electron chi connectivity index (χ4n) is 17.1. The molecule has 29 nitrogen and oxygen atoms in total. The average Bonchev–Trinajstić information content (AvgIpc) is 1.20. The van der Waals surface area contributed by atoms with Gasteiger partial charge in [0.1, 0.15) is 49.9 Å². The Morgan fingerprint density at radius 2 is 1.10 bits per heavy atom. The number of aromatic hydroxyl groups is 2. The molecule has 13 atom stereocenters. The van der Waals surface area contributed by atoms with E-state index in [-0.39, 0.29) is 66.8 Å². The van der Waals surface area contributed by atoms with Crippen molar-refractivity contribution in [1.82, 2.24) is 19.6 Å². The zero-order chi connectivity index (χ0) is 76.7. The number of aryl methyl sites for hydroxylation is 3. The number of piperazine rings is 2. The monoisotopic (exact) mass is 1520 g/mol. The number of aldehydes is 1. The largest absolute Gasteiger partial charge is 0.504 e. The molecular formula is C75H79N8O21S3+. The van der Waals surface area contributed by atoms with Crippen molar-refractivity contribution >= 4 is 69.6 Å². The number of hydrogen-bond donors (Lipinski definition) is 4. The third-order valence-electron chi connectivity index (χ3n) is 21.4. The smallest absolute Gasteiger partial charge is 0.375 e. The molecule has 0 spiro atoms. The lowest BCUT2D eigenvalue weighted by molar-refractivity contribution is -0.671. The minimum absolute atomic E-state index is 0.0240. The molecule has 107 heavy (non-hydrogen) atoms. The van der Waals surface area contributed by atoms with Crippen LogP contribution < -0.4 is 48.2 Å². The number of cyclic esters (lactones) is 2. The van der Waals surface area contributed by atoms with Crippen molar-refractivity contribution in [3.8, 4) is 69.6 Å². The van der Waals surface area contributed by atoms with E-state index < -0.39 is 105 Å². The number of ketones is 1. The Kier molecular flexibility index (Phi) is 21.0. The number of phenolic OH excluding ortho intramolecular Hbond substituents is 2. The maximum absolute atomic E-state index is 13.0. The van der Waals surface area contributed by atoms with Crippen LogP contribution in [0, 0.1) is 50.4 Å². The van der Waals surface area contributed by atoms with Crippen LogP contribution in [0.2, 0.25) is 0 Å². The first kappa shape index (κ1) is 75.5. The van der Waals surface area contributed by atoms with Crippen molar-refractivity contribution < 1.29 is 104 Å². The fourth-order valence-corrected chi connectivity index (χ4v) is 20.3. The van der Waals surface area contributed by atoms with Crippen LogP contribution in [0.25, 0.3) is 0 Å². The molecule has 0 aliphatic carbocycles. The van der Waals surface area contributed by atoms with Gasteiger partial charge in [0.05, 0.1) is 71.7 Å². The second-order valence-electron chi connectivity index (χ2n) is 27.4. The number of nitrogens with zero attached hydrogens (tertiary/aromatic N) is 7. The number of rotatable bonds is 6. The van der Waals surface area contributed by atoms with Gasteiger partial charge in [0.15, 0.2) is 64.7 Å². The van der Waals surface area contributed by atoms with Crippen molar-refractivity contribution in [2.75, 3.05) is 66.6 Å². The fraction of sp³-hybridized carbons (Fsp3) is 0.427. The van der Waals surface area contributed by atoms with Gasteiger partial charge >= 0.3 is 23.9 Å². The maximum Gasteiger partial charge on any atom is 0.375 e. The standard InChI is InChI=1S/C31H34N4O8S.C31H31N3O9S.C7H8NO.C6H6O3S/c1-12-6-15-7-17-18(8-32)35-19-9-40-31(38)16(33)10-44-30(24(35)23(34(17)4)20(15)25(37)26(12)39-5)22-21(19)29-28(41-11-42-29)13(2)27(22)43-14(3)36;1-12-6-15-7-16-17(8-32)34-18-9-40-31(38)19(36)10-44-30(24(34)23(33(16)4)20(15)25(37)26(12)39-5)22-21(18)29-28(41-11-42-29)13(2)27(22)43-14(3)35;1-8-4-2-7(6-9)3-5-8;7-10(8,9)6-4-2-1-3-5-6/h6,16-19,23-24,30,37H,7,9-11,33H2,1-5H3;6,16-18,23-24,30,37H,7,9-11H2,1-5H3;2-6H,1H3;1-5H,(H,7,8,9)/q;;+1;/t16-,17?,18-,19-,23+,24+,30+;16?,17-,18-,23+,24+,30+;;/m00../s1. The van der Waals surface area contributed by atoms with Crippen LogP contribution in [0.4, 0.5) is 0 Å². The molecular weight excluding hydrogens is 1450 g/mol. The van der Waals surface area contributed by atoms with Crippen molar-refractivity contribution in [2.24, 2.45) is 12.8 Å². The highest BCUT2D eigenvalue weighted by molar-refractivity contribution is 8.00. The number of likely N-dealkylation sites (N-methyl/N-ethyl adjacent to an activating group) is 2. The number of aromatic nitrogens is 1. The van der Waals surface area contributed by atoms with Crippen LogP contribution in [-0.4, -0.2) is 188 Å². The molecule has 2 unspecified atom stereocenters. The number of carbonyl (C=O) groups excluding carboxylic acids is 6. The first-order valence-electron chi connectivity index (χ1n) is 34.2. The summed E-state index contributed by atoms with van der Waals surface area (Å²) in [5.41, 5.74) is 15.7. The number of benzene rings is 5. The lowest BCUT2D eigenvalue weighted by Crippen LogP contribution is -2.69. The normalized spacial score (nSPS) is 26.1. The Labute approximate surface area is 624 Å². The molecule has 4 fully saturated rings. The Morgan fingerprint density at radius 3 is 1.52 bits per heavy atom. The molecule has 0 radical (unpaired) electrons. The number of nitrogens with two attached hydrogens (primary N) is 1. The van der Waals surface area contributed by atoms with Crippen molar-refractivity contribution in [1.29, 1.82) is 10.5 Å². The van der Waals surface area contributed by atoms with Crippen molar-refractivity contribution in [3.63, 3.8) is 0 Å². The van der Waals surface area contributed by atoms with Gasteiger partial charge in [-0.15, -0.1) is 23.5 Å². The minimum Gasteiger partial charge on any atom is -0.504 e. The lowest BCUT2D eigenvalue weighted by atomic mass is 9.71. The molecule has 562 valence electrons. The number of thioether (sulfide) groups is 2. The van der Waals surface area contributed by atoms with Gasteiger partial charge in [0.2, 0.25) is 19.4 Å². The van der Waals surface area contributed by atoms with Gasteiger partial charge < -0.3 is 63.3 Å². The summed E-state index contributed by atoms with van der Waals surface area (Å²) < 4.78 is 89.6. The number of Topliss-reactive ketones (excluding diaryl/α,β-unsaturated/α-hetero) is 1. The van der Waals surface area contributed by atoms with E-state index in [4.69, 9.17) is 57.7 Å². The van der Waals surface area contributed by atoms with Gasteiger partial charge in [0.25, 0.3) is 10.1 Å². The van der Waals surface area contributed by atoms with E-state index in [0.29, 0.717) is 97.8 Å². The molecule has 0 saturated carbocycles. The SMILES string of the molecule is COc1c(C)cc2c(c1O)[C@@H]1[C@@H]3[C@@H]4SCC(=O)C(=O)OC[C@@H](c5c6c(c(C)c(OC(C)=O)c54)OCO6)N3[C@@H](C#N)C(C2)N1C.COc1c(C)cc2c(c1O)[C@@H]1[C@@H]3[C@@H]4SC[C@H](N)C(=O)OC[C@@H](c5c6c(c(C)c(OC(C)=O)c54)OCO6)N3[C@@H](C#N)C(C2)N1C.C[n+]1ccc(C=O)cc1.O=S(=O)(O)c1ccccc1. The molecule has 5 aromatic carbocycles. The number of nitriles is 2. The Bertz CT molecular complexity index is 4860. The summed E-state index contributed by atoms with van der Waals surface area (Å²) in [6.07, 6.45) is 5.52. The number of esters is 4. The predicted octanol–water partition coefficient (Wildman–Crippen LogP) is 6.62. The number of fused-ring (bicyclic) bond motifs is 18. The van der Waals surface area contributed by atoms with Gasteiger partial charge in [-0.05, 0) is 89.0 Å². The molecule has 16 rings (SSSR count). The molecule has 6 aromatic rings. The summed E-state index contributed by atoms with van der Waals surface area (Å²) in [6.45, 7) is 9.58. The second-order valence-corrected chi connectivity index (χ2v) is 31.2. The molecule has 10 aliphatic heterocycles. The highest BCUT2D eigenvalue weighted by atomic mass is 32.2. The van der Waals surface area contributed by atoms with Gasteiger partial charge in [-0.2, -0.15) is 18.9 Å². The summed E-state index contributed by atoms with van der Waals surface area (Å²) in [4.78, 5) is 82.2. The maximum atomic E-state index is 13.0. The van der Waals surface area contributed by atoms with Crippen LogP contribution in [0.5, 0.6) is 57.5 Å². The van der Waals surface area contributed by atoms with Crippen LogP contribution in [0.3, 0.4) is 0 Å². The zero-order valence-electron chi connectivity index (χ0n) is 60.2. The number of carbonyl (C=O) groups is 6. The van der Waals surface area contributed by atoms with E-state index in [0.717, 1.165) is 39.7 Å². The highest BCUT2D eigenvalue weighted by Gasteiger charge is 2.63. The molecule has 0 amide bonds. The Hall–Kier alpha value is -9.74. The van der Waals surface area contributed by atoms with Crippen LogP contribution >= 0.6 is 23.5 Å². The Balaban J connectivity index is 0.000000151. The third kappa shape index (κ3) is 13.0. The van der Waals surface area contributed by atoms with E-state index in [1.807, 2.05) is 71.0 Å². The molecule has 32 heteroatoms. The third-order valence-corrected chi connectivity index (χ3v) is 25.0. The summed E-state index contributed by atoms with van der Waals surface area (Å²) in [6, 6.07) is 14.1. The van der Waals surface area contributed by atoms with Gasteiger partial charge in [-0.3, -0.25) is 48.1 Å². The summed E-state index contributed by atoms with van der Waals surface area (Å²) >= 11 is 2.66. The first-order valence-corrected chi connectivity index (χ1v) is 37.8. The van der Waals surface area contributed by atoms with Gasteiger partial charge in [-0.25, -0.2) is 9.36 Å². The van der Waals surface area contributed by atoms with Gasteiger partial charge in [0, 0.05) is 106 Å². The quantitative estimate of drug-likeness (QED) is 0.0340. The van der Waals surface area contributed by atoms with Crippen LogP contribution in [0.1, 0.15) is 126 Å². The Morgan fingerprint density at radius 1 is 0.654 bits per heavy atom. The number of methoxy groups -OCH3 is 2. The number of phenols is 2. The minimum atomic E-state index is -4.00. The van der Waals surface area contributed by atoms with Crippen molar-refractivity contribution in [2.45, 2.75) is 136 Å². The summed E-state index contributed by atoms with van der Waals surface area (Å²) in [5.74, 6) is 0.0982. The van der Waals surface area contributed by atoms with E-state index >= 15 is 0 Å². The second kappa shape index (κ2) is 29.8. The summed E-state index contributed by atoms with van der Waals surface area (Å²) in [5, 5.41) is 44.0. The highest BCUT2D eigenvalue weighted by Crippen LogP contribution is 2.67. The zero-order valence-corrected chi connectivity index (χ0v) is 62.7. The first-order chi connectivity index (χ1) is 51.1. The molecule has 11 heterocycles. The van der Waals surface area contributed by atoms with E-state index in [2.05, 4.69) is 31.7 Å². The molecule has 5 N–H and O–H groups in total. The lowest BCUT2D eigenvalue weighted by Gasteiger charge is -2.61. The van der Waals surface area contributed by atoms with E-state index in [1.165, 1.54) is 63.7 Å². The molecule has 4 saturated heterocycles.